The smallest absolute Gasteiger partial charge is 0.382 e. The zero-order chi connectivity index (χ0) is 21.2. The molecule has 2 heterocycles. The minimum atomic E-state index is -4.39. The Balaban J connectivity index is 1.87. The zero-order valence-corrected chi connectivity index (χ0v) is 15.9. The van der Waals surface area contributed by atoms with Crippen LogP contribution in [0.4, 0.5) is 22.0 Å². The van der Waals surface area contributed by atoms with Crippen molar-refractivity contribution in [1.29, 1.82) is 5.41 Å². The lowest BCUT2D eigenvalue weighted by molar-refractivity contribution is -0.122. The van der Waals surface area contributed by atoms with Crippen molar-refractivity contribution < 1.29 is 26.7 Å². The Hall–Kier alpha value is -2.14. The molecule has 0 spiro atoms. The van der Waals surface area contributed by atoms with Gasteiger partial charge in [-0.25, -0.2) is 13.8 Å². The number of aliphatic imine (C=N–C) groups is 1. The third-order valence-corrected chi connectivity index (χ3v) is 5.88. The molecule has 1 aromatic carbocycles. The van der Waals surface area contributed by atoms with E-state index in [4.69, 9.17) is 15.9 Å². The maximum absolute atomic E-state index is 14.6. The molecule has 1 fully saturated rings. The van der Waals surface area contributed by atoms with E-state index in [1.54, 1.807) is 0 Å². The van der Waals surface area contributed by atoms with Crippen molar-refractivity contribution in [3.63, 3.8) is 0 Å². The summed E-state index contributed by atoms with van der Waals surface area (Å²) in [6, 6.07) is 3.21. The quantitative estimate of drug-likeness (QED) is 0.491. The second-order valence-electron chi connectivity index (χ2n) is 6.83. The van der Waals surface area contributed by atoms with E-state index >= 15 is 0 Å². The van der Waals surface area contributed by atoms with Crippen LogP contribution in [0.5, 0.6) is 0 Å². The summed E-state index contributed by atoms with van der Waals surface area (Å²) in [5, 5.41) is 9.90. The van der Waals surface area contributed by atoms with Crippen LogP contribution in [0.25, 0.3) is 0 Å². The molecule has 1 aromatic rings. The highest BCUT2D eigenvalue weighted by Gasteiger charge is 2.49. The van der Waals surface area contributed by atoms with Crippen LogP contribution in [-0.2, 0) is 10.3 Å². The van der Waals surface area contributed by atoms with Crippen molar-refractivity contribution in [2.45, 2.75) is 24.2 Å². The molecule has 3 rings (SSSR count). The van der Waals surface area contributed by atoms with Crippen LogP contribution in [0, 0.1) is 23.0 Å². The first-order valence-electron chi connectivity index (χ1n) is 8.70. The number of nitrogens with one attached hydrogen (secondary N) is 2. The number of nitrogens with zero attached hydrogens (tertiary/aromatic N) is 1. The number of hydrogen-bond donors (Lipinski definition) is 3. The standard InChI is InChI=1S/C18H19F5N4OS/c19-12-1-2-13(14(20)4-12)17-9-28-15(3-11(17)7-29-16(25)27-17)10(5-24)6-26-8-18(21,22)23/h1-2,4-6,11,15,24,26H,3,7-9H2,(H2,25,27)/b10-6+,24-5?/t11-,15+,17-/m0/s1. The van der Waals surface area contributed by atoms with Crippen LogP contribution in [0.3, 0.4) is 0 Å². The van der Waals surface area contributed by atoms with Gasteiger partial charge in [0.25, 0.3) is 0 Å². The van der Waals surface area contributed by atoms with Gasteiger partial charge < -0.3 is 21.2 Å². The van der Waals surface area contributed by atoms with Crippen molar-refractivity contribution in [2.24, 2.45) is 16.6 Å². The van der Waals surface area contributed by atoms with E-state index in [9.17, 15) is 22.0 Å². The zero-order valence-electron chi connectivity index (χ0n) is 15.1. The highest BCUT2D eigenvalue weighted by Crippen LogP contribution is 2.47. The second kappa shape index (κ2) is 8.31. The predicted octanol–water partition coefficient (Wildman–Crippen LogP) is 3.31. The molecule has 2 aliphatic rings. The number of rotatable bonds is 5. The van der Waals surface area contributed by atoms with Gasteiger partial charge in [0, 0.05) is 41.3 Å². The van der Waals surface area contributed by atoms with Gasteiger partial charge >= 0.3 is 6.18 Å². The Morgan fingerprint density at radius 1 is 1.41 bits per heavy atom. The fraction of sp³-hybridized carbons (Fsp3) is 0.444. The third kappa shape index (κ3) is 4.72. The number of fused-ring (bicyclic) bond motifs is 1. The summed E-state index contributed by atoms with van der Waals surface area (Å²) in [6.07, 6.45) is -2.74. The number of thioether (sulfide) groups is 1. The molecule has 2 aliphatic heterocycles. The molecule has 4 N–H and O–H groups in total. The molecule has 0 aliphatic carbocycles. The number of benzene rings is 1. The SMILES string of the molecule is N=C/C(=C\NCC(F)(F)F)[C@H]1C[C@H]2CSC(N)=N[C@@]2(c2ccc(F)cc2F)CO1. The Kier molecular flexibility index (Phi) is 6.18. The molecular formula is C18H19F5N4OS. The van der Waals surface area contributed by atoms with E-state index in [1.165, 1.54) is 17.8 Å². The monoisotopic (exact) mass is 434 g/mol. The number of halogens is 5. The van der Waals surface area contributed by atoms with Crippen LogP contribution in [0.2, 0.25) is 0 Å². The first-order chi connectivity index (χ1) is 13.6. The molecule has 0 aromatic heterocycles. The van der Waals surface area contributed by atoms with Gasteiger partial charge in [-0.2, -0.15) is 13.2 Å². The Labute approximate surface area is 168 Å². The normalized spacial score (nSPS) is 27.8. The average molecular weight is 434 g/mol. The van der Waals surface area contributed by atoms with E-state index in [2.05, 4.69) is 10.3 Å². The fourth-order valence-electron chi connectivity index (χ4n) is 3.55. The highest BCUT2D eigenvalue weighted by atomic mass is 32.2. The van der Waals surface area contributed by atoms with E-state index in [0.29, 0.717) is 5.75 Å². The van der Waals surface area contributed by atoms with Crippen LogP contribution in [-0.4, -0.2) is 42.6 Å². The topological polar surface area (TPSA) is 83.5 Å². The van der Waals surface area contributed by atoms with Gasteiger partial charge in [-0.3, -0.25) is 0 Å². The molecule has 1 saturated heterocycles. The number of nitrogens with two attached hydrogens (primary N) is 1. The maximum atomic E-state index is 14.6. The lowest BCUT2D eigenvalue weighted by Crippen LogP contribution is -2.51. The molecular weight excluding hydrogens is 415 g/mol. The molecule has 158 valence electrons. The summed E-state index contributed by atoms with van der Waals surface area (Å²) < 4.78 is 70.8. The Morgan fingerprint density at radius 2 is 2.17 bits per heavy atom. The summed E-state index contributed by atoms with van der Waals surface area (Å²) in [7, 11) is 0. The van der Waals surface area contributed by atoms with E-state index in [1.807, 2.05) is 0 Å². The summed E-state index contributed by atoms with van der Waals surface area (Å²) in [5.74, 6) is -1.28. The van der Waals surface area contributed by atoms with Crippen molar-refractivity contribution in [3.05, 3.63) is 47.2 Å². The van der Waals surface area contributed by atoms with Gasteiger partial charge in [-0.15, -0.1) is 0 Å². The van der Waals surface area contributed by atoms with Gasteiger partial charge in [0.1, 0.15) is 23.7 Å². The van der Waals surface area contributed by atoms with E-state index < -0.39 is 36.0 Å². The second-order valence-corrected chi connectivity index (χ2v) is 7.87. The fourth-order valence-corrected chi connectivity index (χ4v) is 4.57. The van der Waals surface area contributed by atoms with Crippen molar-refractivity contribution >= 4 is 23.1 Å². The molecule has 3 atom stereocenters. The predicted molar refractivity (Wildman–Crippen MR) is 101 cm³/mol. The van der Waals surface area contributed by atoms with Crippen molar-refractivity contribution in [2.75, 3.05) is 18.9 Å². The molecule has 29 heavy (non-hydrogen) atoms. The van der Waals surface area contributed by atoms with Gasteiger partial charge in [-0.05, 0) is 12.5 Å². The summed E-state index contributed by atoms with van der Waals surface area (Å²) in [6.45, 7) is -1.33. The molecule has 11 heteroatoms. The third-order valence-electron chi connectivity index (χ3n) is 4.93. The number of ether oxygens (including phenoxy) is 1. The van der Waals surface area contributed by atoms with Gasteiger partial charge in [0.2, 0.25) is 0 Å². The first-order valence-corrected chi connectivity index (χ1v) is 9.69. The van der Waals surface area contributed by atoms with E-state index in [0.717, 1.165) is 24.5 Å². The summed E-state index contributed by atoms with van der Waals surface area (Å²) >= 11 is 1.28. The molecule has 5 nitrogen and oxygen atoms in total. The van der Waals surface area contributed by atoms with Crippen LogP contribution < -0.4 is 11.1 Å². The molecule has 0 saturated carbocycles. The van der Waals surface area contributed by atoms with Gasteiger partial charge in [0.15, 0.2) is 5.17 Å². The Morgan fingerprint density at radius 3 is 2.83 bits per heavy atom. The number of amidine groups is 1. The van der Waals surface area contributed by atoms with Crippen molar-refractivity contribution in [3.8, 4) is 0 Å². The highest BCUT2D eigenvalue weighted by molar-refractivity contribution is 8.13. The summed E-state index contributed by atoms with van der Waals surface area (Å²) in [5.41, 5.74) is 5.10. The molecule has 0 bridgehead atoms. The van der Waals surface area contributed by atoms with Crippen molar-refractivity contribution in [1.82, 2.24) is 5.32 Å². The van der Waals surface area contributed by atoms with Gasteiger partial charge in [-0.1, -0.05) is 17.8 Å². The lowest BCUT2D eigenvalue weighted by atomic mass is 9.74. The number of alkyl halides is 3. The van der Waals surface area contributed by atoms with Gasteiger partial charge in [0.05, 0.1) is 12.7 Å². The summed E-state index contributed by atoms with van der Waals surface area (Å²) in [4.78, 5) is 4.44. The average Bonchev–Trinajstić information content (AvgIpc) is 2.64. The van der Waals surface area contributed by atoms with E-state index in [-0.39, 0.29) is 35.2 Å². The van der Waals surface area contributed by atoms with Crippen LogP contribution >= 0.6 is 11.8 Å². The molecule has 0 radical (unpaired) electrons. The number of hydrogen-bond acceptors (Lipinski definition) is 6. The molecule has 0 unspecified atom stereocenters. The maximum Gasteiger partial charge on any atom is 0.405 e. The minimum Gasteiger partial charge on any atom is -0.382 e. The minimum absolute atomic E-state index is 0.101. The molecule has 0 amide bonds. The van der Waals surface area contributed by atoms with Crippen LogP contribution in [0.15, 0.2) is 35.0 Å². The largest absolute Gasteiger partial charge is 0.405 e. The lowest BCUT2D eigenvalue weighted by Gasteiger charge is -2.46. The first kappa shape index (κ1) is 21.6. The van der Waals surface area contributed by atoms with Crippen LogP contribution in [0.1, 0.15) is 12.0 Å². The Bertz CT molecular complexity index is 844.